The number of urea groups is 1. The Bertz CT molecular complexity index is 347. The van der Waals surface area contributed by atoms with Gasteiger partial charge in [0, 0.05) is 18.6 Å². The minimum Gasteiger partial charge on any atom is -0.480 e. The van der Waals surface area contributed by atoms with Gasteiger partial charge in [0.1, 0.15) is 6.54 Å². The third-order valence-electron chi connectivity index (χ3n) is 4.67. The molecule has 0 spiro atoms. The number of hydrogen-bond acceptors (Lipinski definition) is 2. The van der Waals surface area contributed by atoms with Crippen molar-refractivity contribution < 1.29 is 14.7 Å². The molecule has 0 heterocycles. The van der Waals surface area contributed by atoms with Crippen molar-refractivity contribution in [3.8, 4) is 0 Å². The summed E-state index contributed by atoms with van der Waals surface area (Å²) in [6.07, 6.45) is 8.57. The molecule has 2 saturated carbocycles. The number of carboxylic acid groups (broad SMARTS) is 1. The van der Waals surface area contributed by atoms with E-state index in [4.69, 9.17) is 5.11 Å². The molecule has 0 unspecified atom stereocenters. The minimum absolute atomic E-state index is 0.0614. The van der Waals surface area contributed by atoms with Crippen molar-refractivity contribution in [1.82, 2.24) is 9.80 Å². The molecular formula is C15H26N2O3. The van der Waals surface area contributed by atoms with Crippen LogP contribution in [0.15, 0.2) is 0 Å². The van der Waals surface area contributed by atoms with E-state index in [9.17, 15) is 9.59 Å². The van der Waals surface area contributed by atoms with Gasteiger partial charge < -0.3 is 14.9 Å². The van der Waals surface area contributed by atoms with Crippen molar-refractivity contribution in [3.05, 3.63) is 0 Å². The zero-order chi connectivity index (χ0) is 14.5. The van der Waals surface area contributed by atoms with E-state index in [2.05, 4.69) is 0 Å². The quantitative estimate of drug-likeness (QED) is 0.843. The molecule has 5 heteroatoms. The molecule has 5 nitrogen and oxygen atoms in total. The van der Waals surface area contributed by atoms with Gasteiger partial charge in [-0.1, -0.05) is 25.7 Å². The summed E-state index contributed by atoms with van der Waals surface area (Å²) in [5.74, 6) is -0.910. The van der Waals surface area contributed by atoms with E-state index in [0.29, 0.717) is 12.6 Å². The lowest BCUT2D eigenvalue weighted by molar-refractivity contribution is -0.138. The molecule has 2 amide bonds. The molecule has 0 radical (unpaired) electrons. The van der Waals surface area contributed by atoms with E-state index >= 15 is 0 Å². The van der Waals surface area contributed by atoms with E-state index in [-0.39, 0.29) is 18.6 Å². The van der Waals surface area contributed by atoms with Gasteiger partial charge >= 0.3 is 12.0 Å². The first-order valence-corrected chi connectivity index (χ1v) is 7.92. The molecular weight excluding hydrogens is 256 g/mol. The topological polar surface area (TPSA) is 60.9 Å². The van der Waals surface area contributed by atoms with Gasteiger partial charge in [-0.05, 0) is 32.6 Å². The van der Waals surface area contributed by atoms with Gasteiger partial charge in [0.25, 0.3) is 0 Å². The Morgan fingerprint density at radius 3 is 1.80 bits per heavy atom. The molecule has 0 aromatic heterocycles. The molecule has 0 aromatic rings. The Kier molecular flexibility index (Phi) is 5.26. The standard InChI is InChI=1S/C15H26N2O3/c1-2-16(12-7-3-4-8-12)15(20)17(11-14(18)19)13-9-5-6-10-13/h12-13H,2-11H2,1H3,(H,18,19). The molecule has 2 fully saturated rings. The average molecular weight is 282 g/mol. The maximum absolute atomic E-state index is 12.8. The smallest absolute Gasteiger partial charge is 0.323 e. The number of carbonyl (C=O) groups excluding carboxylic acids is 1. The summed E-state index contributed by atoms with van der Waals surface area (Å²) >= 11 is 0. The Balaban J connectivity index is 2.08. The van der Waals surface area contributed by atoms with E-state index < -0.39 is 5.97 Å². The lowest BCUT2D eigenvalue weighted by atomic mass is 10.2. The molecule has 2 rings (SSSR count). The second-order valence-corrected chi connectivity index (χ2v) is 5.97. The van der Waals surface area contributed by atoms with E-state index in [1.54, 1.807) is 4.90 Å². The van der Waals surface area contributed by atoms with Crippen LogP contribution in [-0.4, -0.2) is 52.1 Å². The second-order valence-electron chi connectivity index (χ2n) is 5.97. The molecule has 20 heavy (non-hydrogen) atoms. The number of carbonyl (C=O) groups is 2. The van der Waals surface area contributed by atoms with Crippen molar-refractivity contribution in [3.63, 3.8) is 0 Å². The van der Waals surface area contributed by atoms with Crippen LogP contribution in [0.5, 0.6) is 0 Å². The molecule has 2 aliphatic rings. The highest BCUT2D eigenvalue weighted by molar-refractivity contribution is 5.80. The van der Waals surface area contributed by atoms with Gasteiger partial charge in [-0.25, -0.2) is 4.79 Å². The predicted molar refractivity (Wildman–Crippen MR) is 76.6 cm³/mol. The highest BCUT2D eigenvalue weighted by atomic mass is 16.4. The van der Waals surface area contributed by atoms with E-state index in [1.807, 2.05) is 11.8 Å². The number of rotatable bonds is 5. The monoisotopic (exact) mass is 282 g/mol. The summed E-state index contributed by atoms with van der Waals surface area (Å²) < 4.78 is 0. The lowest BCUT2D eigenvalue weighted by Gasteiger charge is -2.36. The van der Waals surface area contributed by atoms with Crippen LogP contribution in [0, 0.1) is 0 Å². The second kappa shape index (κ2) is 6.95. The first-order valence-electron chi connectivity index (χ1n) is 7.92. The summed E-state index contributed by atoms with van der Waals surface area (Å²) in [5.41, 5.74) is 0. The van der Waals surface area contributed by atoms with E-state index in [0.717, 1.165) is 38.5 Å². The molecule has 0 bridgehead atoms. The first-order chi connectivity index (χ1) is 9.63. The van der Waals surface area contributed by atoms with Gasteiger partial charge in [0.15, 0.2) is 0 Å². The Morgan fingerprint density at radius 2 is 1.40 bits per heavy atom. The summed E-state index contributed by atoms with van der Waals surface area (Å²) in [6, 6.07) is 0.368. The van der Waals surface area contributed by atoms with Crippen LogP contribution in [0.25, 0.3) is 0 Å². The maximum Gasteiger partial charge on any atom is 0.323 e. The highest BCUT2D eigenvalue weighted by Gasteiger charge is 2.34. The summed E-state index contributed by atoms with van der Waals surface area (Å²) in [5, 5.41) is 9.10. The summed E-state index contributed by atoms with van der Waals surface area (Å²) in [4.78, 5) is 27.4. The van der Waals surface area contributed by atoms with Gasteiger partial charge in [-0.15, -0.1) is 0 Å². The molecule has 0 saturated heterocycles. The maximum atomic E-state index is 12.8. The Labute approximate surface area is 120 Å². The number of nitrogens with zero attached hydrogens (tertiary/aromatic N) is 2. The fourth-order valence-corrected chi connectivity index (χ4v) is 3.65. The average Bonchev–Trinajstić information content (AvgIpc) is 3.09. The van der Waals surface area contributed by atoms with Gasteiger partial charge in [-0.2, -0.15) is 0 Å². The number of hydrogen-bond donors (Lipinski definition) is 1. The fourth-order valence-electron chi connectivity index (χ4n) is 3.65. The third kappa shape index (κ3) is 3.44. The normalized spacial score (nSPS) is 20.2. The van der Waals surface area contributed by atoms with Crippen LogP contribution in [0.4, 0.5) is 4.79 Å². The Hall–Kier alpha value is -1.26. The van der Waals surface area contributed by atoms with Crippen molar-refractivity contribution in [1.29, 1.82) is 0 Å². The molecule has 1 N–H and O–H groups in total. The van der Waals surface area contributed by atoms with Crippen LogP contribution in [-0.2, 0) is 4.79 Å². The van der Waals surface area contributed by atoms with Crippen LogP contribution in [0.2, 0.25) is 0 Å². The van der Waals surface area contributed by atoms with E-state index in [1.165, 1.54) is 12.8 Å². The summed E-state index contributed by atoms with van der Waals surface area (Å²) in [6.45, 7) is 2.50. The minimum atomic E-state index is -0.910. The fraction of sp³-hybridized carbons (Fsp3) is 0.867. The third-order valence-corrected chi connectivity index (χ3v) is 4.67. The molecule has 0 atom stereocenters. The van der Waals surface area contributed by atoms with Crippen molar-refractivity contribution >= 4 is 12.0 Å². The van der Waals surface area contributed by atoms with Crippen LogP contribution in [0.1, 0.15) is 58.3 Å². The SMILES string of the molecule is CCN(C(=O)N(CC(=O)O)C1CCCC1)C1CCCC1. The zero-order valence-corrected chi connectivity index (χ0v) is 12.4. The van der Waals surface area contributed by atoms with Crippen molar-refractivity contribution in [2.75, 3.05) is 13.1 Å². The molecule has 2 aliphatic carbocycles. The predicted octanol–water partition coefficient (Wildman–Crippen LogP) is 2.70. The number of aliphatic carboxylic acids is 1. The first kappa shape index (κ1) is 15.1. The van der Waals surface area contributed by atoms with Crippen LogP contribution >= 0.6 is 0 Å². The summed E-state index contributed by atoms with van der Waals surface area (Å²) in [7, 11) is 0. The van der Waals surface area contributed by atoms with Crippen molar-refractivity contribution in [2.24, 2.45) is 0 Å². The van der Waals surface area contributed by atoms with Crippen LogP contribution < -0.4 is 0 Å². The lowest BCUT2D eigenvalue weighted by Crippen LogP contribution is -2.52. The number of carboxylic acids is 1. The van der Waals surface area contributed by atoms with Gasteiger partial charge in [0.2, 0.25) is 0 Å². The number of amides is 2. The molecule has 0 aromatic carbocycles. The zero-order valence-electron chi connectivity index (χ0n) is 12.4. The largest absolute Gasteiger partial charge is 0.480 e. The van der Waals surface area contributed by atoms with Crippen LogP contribution in [0.3, 0.4) is 0 Å². The molecule has 0 aliphatic heterocycles. The Morgan fingerprint density at radius 1 is 0.950 bits per heavy atom. The highest BCUT2D eigenvalue weighted by Crippen LogP contribution is 2.28. The van der Waals surface area contributed by atoms with Gasteiger partial charge in [0.05, 0.1) is 0 Å². The molecule has 114 valence electrons. The van der Waals surface area contributed by atoms with Gasteiger partial charge in [-0.3, -0.25) is 4.79 Å². The van der Waals surface area contributed by atoms with Crippen molar-refractivity contribution in [2.45, 2.75) is 70.4 Å².